The van der Waals surface area contributed by atoms with Gasteiger partial charge in [0.15, 0.2) is 0 Å². The van der Waals surface area contributed by atoms with Gasteiger partial charge >= 0.3 is 7.60 Å². The molecule has 0 bridgehead atoms. The van der Waals surface area contributed by atoms with Crippen LogP contribution in [0.3, 0.4) is 0 Å². The molecule has 5 heteroatoms. The molecule has 0 aliphatic carbocycles. The maximum atomic E-state index is 10.7. The smallest absolute Gasteiger partial charge is 0.356 e. The number of benzene rings is 1. The molecule has 0 fully saturated rings. The van der Waals surface area contributed by atoms with Crippen molar-refractivity contribution in [1.29, 1.82) is 0 Å². The summed E-state index contributed by atoms with van der Waals surface area (Å²) >= 11 is 0. The van der Waals surface area contributed by atoms with Crippen LogP contribution in [-0.2, 0) is 11.2 Å². The molecule has 0 saturated heterocycles. The molecule has 1 aromatic rings. The van der Waals surface area contributed by atoms with Gasteiger partial charge in [-0.25, -0.2) is 0 Å². The van der Waals surface area contributed by atoms with Gasteiger partial charge in [-0.15, -0.1) is 0 Å². The Bertz CT molecular complexity index is 317. The first-order valence-electron chi connectivity index (χ1n) is 3.30. The molecule has 1 rings (SSSR count). The zero-order chi connectivity index (χ0) is 9.19. The first-order chi connectivity index (χ1) is 5.54. The maximum absolute atomic E-state index is 10.7. The van der Waals surface area contributed by atoms with Gasteiger partial charge in [-0.3, -0.25) is 4.57 Å². The van der Waals surface area contributed by atoms with Crippen LogP contribution < -0.4 is 5.30 Å². The van der Waals surface area contributed by atoms with E-state index >= 15 is 0 Å². The highest BCUT2D eigenvalue weighted by Gasteiger charge is 2.16. The number of aliphatic hydroxyl groups is 1. The summed E-state index contributed by atoms with van der Waals surface area (Å²) < 4.78 is 10.7. The summed E-state index contributed by atoms with van der Waals surface area (Å²) in [6.45, 7) is -0.214. The third-order valence-corrected chi connectivity index (χ3v) is 2.38. The van der Waals surface area contributed by atoms with Crippen LogP contribution in [-0.4, -0.2) is 14.9 Å². The summed E-state index contributed by atoms with van der Waals surface area (Å²) in [6.07, 6.45) is 0. The molecule has 0 spiro atoms. The molecule has 1 aromatic carbocycles. The third kappa shape index (κ3) is 2.16. The van der Waals surface area contributed by atoms with Crippen LogP contribution >= 0.6 is 7.60 Å². The van der Waals surface area contributed by atoms with Crippen LogP contribution in [0.15, 0.2) is 24.3 Å². The van der Waals surface area contributed by atoms with Gasteiger partial charge in [0, 0.05) is 0 Å². The van der Waals surface area contributed by atoms with E-state index in [0.717, 1.165) is 0 Å². The van der Waals surface area contributed by atoms with Crippen molar-refractivity contribution < 1.29 is 19.5 Å². The molecule has 66 valence electrons. The third-order valence-electron chi connectivity index (χ3n) is 1.43. The molecule has 0 unspecified atom stereocenters. The lowest BCUT2D eigenvalue weighted by molar-refractivity contribution is 0.282. The molecular formula is C7H9O4P. The van der Waals surface area contributed by atoms with Gasteiger partial charge in [0.2, 0.25) is 0 Å². The summed E-state index contributed by atoms with van der Waals surface area (Å²) in [7, 11) is -4.17. The lowest BCUT2D eigenvalue weighted by Gasteiger charge is -2.04. The Kier molecular flexibility index (Phi) is 2.65. The summed E-state index contributed by atoms with van der Waals surface area (Å²) in [6, 6.07) is 5.72. The number of hydrogen-bond acceptors (Lipinski definition) is 2. The average molecular weight is 188 g/mol. The number of hydrogen-bond donors (Lipinski definition) is 3. The van der Waals surface area contributed by atoms with Crippen molar-refractivity contribution >= 4 is 12.9 Å². The molecule has 0 aromatic heterocycles. The minimum absolute atomic E-state index is 0.0611. The lowest BCUT2D eigenvalue weighted by Crippen LogP contribution is -2.04. The Labute approximate surface area is 69.6 Å². The molecule has 0 heterocycles. The highest BCUT2D eigenvalue weighted by atomic mass is 31.2. The van der Waals surface area contributed by atoms with Gasteiger partial charge in [-0.05, 0) is 17.7 Å². The number of aliphatic hydroxyl groups excluding tert-OH is 1. The standard InChI is InChI=1S/C7H9O4P/c8-5-6-2-1-3-7(4-6)12(9,10)11/h1-4,8H,5H2,(H2,9,10,11). The van der Waals surface area contributed by atoms with E-state index in [1.807, 2.05) is 0 Å². The minimum Gasteiger partial charge on any atom is -0.392 e. The van der Waals surface area contributed by atoms with E-state index in [0.29, 0.717) is 5.56 Å². The zero-order valence-corrected chi connectivity index (χ0v) is 7.11. The molecule has 0 saturated carbocycles. The van der Waals surface area contributed by atoms with Crippen molar-refractivity contribution in [3.63, 3.8) is 0 Å². The first-order valence-corrected chi connectivity index (χ1v) is 4.91. The molecule has 3 N–H and O–H groups in total. The van der Waals surface area contributed by atoms with Gasteiger partial charge in [0.25, 0.3) is 0 Å². The van der Waals surface area contributed by atoms with E-state index in [1.165, 1.54) is 18.2 Å². The summed E-state index contributed by atoms with van der Waals surface area (Å²) in [4.78, 5) is 17.5. The zero-order valence-electron chi connectivity index (χ0n) is 6.21. The van der Waals surface area contributed by atoms with Gasteiger partial charge in [0.05, 0.1) is 11.9 Å². The van der Waals surface area contributed by atoms with Gasteiger partial charge in [0.1, 0.15) is 0 Å². The monoisotopic (exact) mass is 188 g/mol. The summed E-state index contributed by atoms with van der Waals surface area (Å²) in [5.41, 5.74) is 0.496. The molecular weight excluding hydrogens is 179 g/mol. The van der Waals surface area contributed by atoms with Gasteiger partial charge < -0.3 is 14.9 Å². The maximum Gasteiger partial charge on any atom is 0.356 e. The predicted octanol–water partition coefficient (Wildman–Crippen LogP) is -0.0181. The normalized spacial score (nSPS) is 11.6. The molecule has 0 aliphatic rings. The molecule has 0 amide bonds. The summed E-state index contributed by atoms with van der Waals surface area (Å²) in [5.74, 6) is 0. The molecule has 4 nitrogen and oxygen atoms in total. The molecule has 0 radical (unpaired) electrons. The van der Waals surface area contributed by atoms with E-state index in [2.05, 4.69) is 0 Å². The molecule has 12 heavy (non-hydrogen) atoms. The number of rotatable bonds is 2. The van der Waals surface area contributed by atoms with E-state index in [1.54, 1.807) is 6.07 Å². The largest absolute Gasteiger partial charge is 0.392 e. The fourth-order valence-corrected chi connectivity index (χ4v) is 1.45. The van der Waals surface area contributed by atoms with Gasteiger partial charge in [-0.2, -0.15) is 0 Å². The lowest BCUT2D eigenvalue weighted by atomic mass is 10.2. The van der Waals surface area contributed by atoms with Crippen LogP contribution in [0.5, 0.6) is 0 Å². The van der Waals surface area contributed by atoms with Crippen LogP contribution in [0, 0.1) is 0 Å². The minimum atomic E-state index is -4.17. The van der Waals surface area contributed by atoms with Crippen LogP contribution in [0.2, 0.25) is 0 Å². The summed E-state index contributed by atoms with van der Waals surface area (Å²) in [5, 5.41) is 8.61. The highest BCUT2D eigenvalue weighted by Crippen LogP contribution is 2.32. The van der Waals surface area contributed by atoms with E-state index in [4.69, 9.17) is 14.9 Å². The second-order valence-corrected chi connectivity index (χ2v) is 3.98. The van der Waals surface area contributed by atoms with Crippen molar-refractivity contribution in [1.82, 2.24) is 0 Å². The van der Waals surface area contributed by atoms with Gasteiger partial charge in [-0.1, -0.05) is 12.1 Å². The quantitative estimate of drug-likeness (QED) is 0.570. The SMILES string of the molecule is O=P(O)(O)c1cccc(CO)c1. The second-order valence-electron chi connectivity index (χ2n) is 2.37. The Morgan fingerprint density at radius 1 is 1.33 bits per heavy atom. The van der Waals surface area contributed by atoms with E-state index < -0.39 is 7.60 Å². The Morgan fingerprint density at radius 3 is 2.50 bits per heavy atom. The Hall–Kier alpha value is -0.670. The Morgan fingerprint density at radius 2 is 2.00 bits per heavy atom. The average Bonchev–Trinajstić information content (AvgIpc) is 2.03. The second kappa shape index (κ2) is 3.37. The highest BCUT2D eigenvalue weighted by molar-refractivity contribution is 7.60. The van der Waals surface area contributed by atoms with Crippen molar-refractivity contribution in [2.24, 2.45) is 0 Å². The van der Waals surface area contributed by atoms with Crippen molar-refractivity contribution in [2.75, 3.05) is 0 Å². The van der Waals surface area contributed by atoms with Crippen molar-refractivity contribution in [3.8, 4) is 0 Å². The van der Waals surface area contributed by atoms with Crippen LogP contribution in [0.1, 0.15) is 5.56 Å². The van der Waals surface area contributed by atoms with Crippen molar-refractivity contribution in [3.05, 3.63) is 29.8 Å². The van der Waals surface area contributed by atoms with E-state index in [9.17, 15) is 4.57 Å². The van der Waals surface area contributed by atoms with E-state index in [-0.39, 0.29) is 11.9 Å². The fourth-order valence-electron chi connectivity index (χ4n) is 0.836. The van der Waals surface area contributed by atoms with Crippen LogP contribution in [0.25, 0.3) is 0 Å². The van der Waals surface area contributed by atoms with Crippen molar-refractivity contribution in [2.45, 2.75) is 6.61 Å². The van der Waals surface area contributed by atoms with Crippen LogP contribution in [0.4, 0.5) is 0 Å². The predicted molar refractivity (Wildman–Crippen MR) is 44.0 cm³/mol. The first kappa shape index (κ1) is 9.42. The topological polar surface area (TPSA) is 77.8 Å². The molecule has 0 aliphatic heterocycles. The fraction of sp³-hybridized carbons (Fsp3) is 0.143. The molecule has 0 atom stereocenters. The Balaban J connectivity index is 3.11.